The quantitative estimate of drug-likeness (QED) is 0.300. The monoisotopic (exact) mass is 524 g/mol. The van der Waals surface area contributed by atoms with Crippen molar-refractivity contribution in [1.29, 1.82) is 0 Å². The predicted octanol–water partition coefficient (Wildman–Crippen LogP) is 6.15. The molecule has 1 amide bonds. The van der Waals surface area contributed by atoms with Crippen molar-refractivity contribution in [3.8, 4) is 11.5 Å². The number of amides is 1. The van der Waals surface area contributed by atoms with E-state index >= 15 is 0 Å². The lowest BCUT2D eigenvalue weighted by Gasteiger charge is -2.33. The van der Waals surface area contributed by atoms with Crippen LogP contribution in [0.15, 0.2) is 81.4 Å². The van der Waals surface area contributed by atoms with E-state index in [0.717, 1.165) is 23.2 Å². The molecular formula is C30H28N4O5. The topological polar surface area (TPSA) is 111 Å². The summed E-state index contributed by atoms with van der Waals surface area (Å²) in [6, 6.07) is 21.5. The van der Waals surface area contributed by atoms with E-state index < -0.39 is 6.09 Å². The zero-order valence-corrected chi connectivity index (χ0v) is 21.3. The maximum Gasteiger partial charge on any atom is 0.407 e. The molecule has 2 aliphatic rings. The molecule has 3 heterocycles. The van der Waals surface area contributed by atoms with Crippen molar-refractivity contribution >= 4 is 34.5 Å². The van der Waals surface area contributed by atoms with Gasteiger partial charge in [-0.2, -0.15) is 0 Å². The third-order valence-corrected chi connectivity index (χ3v) is 7.15. The van der Waals surface area contributed by atoms with Crippen LogP contribution >= 0.6 is 0 Å². The molecule has 39 heavy (non-hydrogen) atoms. The highest BCUT2D eigenvalue weighted by Crippen LogP contribution is 2.42. The van der Waals surface area contributed by atoms with Gasteiger partial charge in [-0.05, 0) is 23.8 Å². The highest BCUT2D eigenvalue weighted by Gasteiger charge is 2.25. The molecule has 6 rings (SSSR count). The molecule has 4 aromatic rings. The van der Waals surface area contributed by atoms with Crippen LogP contribution in [0.5, 0.6) is 11.5 Å². The number of furan rings is 1. The predicted molar refractivity (Wildman–Crippen MR) is 147 cm³/mol. The number of benzene rings is 3. The van der Waals surface area contributed by atoms with E-state index in [1.165, 1.54) is 10.5 Å². The number of carboxylic acid groups (broad SMARTS) is 1. The molecule has 1 saturated heterocycles. The second-order valence-electron chi connectivity index (χ2n) is 9.61. The van der Waals surface area contributed by atoms with Gasteiger partial charge in [-0.25, -0.2) is 4.79 Å². The molecule has 0 bridgehead atoms. The lowest BCUT2D eigenvalue weighted by molar-refractivity contribution is 0.102. The molecule has 2 N–H and O–H groups in total. The fourth-order valence-electron chi connectivity index (χ4n) is 5.00. The summed E-state index contributed by atoms with van der Waals surface area (Å²) in [5.74, 6) is 1.01. The molecule has 0 unspecified atom stereocenters. The van der Waals surface area contributed by atoms with Gasteiger partial charge < -0.3 is 24.3 Å². The molecule has 0 spiro atoms. The van der Waals surface area contributed by atoms with Crippen LogP contribution in [0.2, 0.25) is 0 Å². The maximum atomic E-state index is 11.4. The number of ether oxygens (including phenoxy) is 1. The molecule has 0 radical (unpaired) electrons. The molecule has 3 aromatic carbocycles. The molecule has 2 aliphatic heterocycles. The first-order chi connectivity index (χ1) is 19.1. The largest absolute Gasteiger partial charge is 0.504 e. The molecule has 0 aliphatic carbocycles. The fourth-order valence-corrected chi connectivity index (χ4v) is 5.00. The summed E-state index contributed by atoms with van der Waals surface area (Å²) in [6.07, 6.45) is 1.55. The number of rotatable bonds is 7. The number of nitrogens with zero attached hydrogens (tertiary/aromatic N) is 4. The van der Waals surface area contributed by atoms with E-state index in [-0.39, 0.29) is 5.75 Å². The molecule has 9 heteroatoms. The summed E-state index contributed by atoms with van der Waals surface area (Å²) in [5.41, 5.74) is 4.80. The highest BCUT2D eigenvalue weighted by atomic mass is 16.5. The number of hydrogen-bond acceptors (Lipinski definition) is 7. The third-order valence-electron chi connectivity index (χ3n) is 7.15. The Balaban J connectivity index is 1.32. The minimum atomic E-state index is -0.902. The second kappa shape index (κ2) is 10.6. The van der Waals surface area contributed by atoms with Gasteiger partial charge in [0.1, 0.15) is 11.3 Å². The van der Waals surface area contributed by atoms with Crippen LogP contribution in [0, 0.1) is 0 Å². The number of fused-ring (bicyclic) bond motifs is 2. The van der Waals surface area contributed by atoms with Gasteiger partial charge in [0.2, 0.25) is 0 Å². The highest BCUT2D eigenvalue weighted by molar-refractivity contribution is 5.95. The molecule has 1 fully saturated rings. The van der Waals surface area contributed by atoms with Crippen LogP contribution in [0.25, 0.3) is 22.7 Å². The summed E-state index contributed by atoms with van der Waals surface area (Å²) < 4.78 is 12.5. The SMILES string of the molecule is O=C(O)N1CCN(Cc2c(OCCc3ccccc3)ccc3c(O)c(C=C4N=Nc5ccccc54)oc23)CC1. The van der Waals surface area contributed by atoms with Crippen molar-refractivity contribution in [2.75, 3.05) is 32.8 Å². The van der Waals surface area contributed by atoms with Crippen molar-refractivity contribution in [1.82, 2.24) is 9.80 Å². The first-order valence-electron chi connectivity index (χ1n) is 12.9. The lowest BCUT2D eigenvalue weighted by Crippen LogP contribution is -2.47. The van der Waals surface area contributed by atoms with E-state index in [4.69, 9.17) is 9.15 Å². The molecule has 0 atom stereocenters. The van der Waals surface area contributed by atoms with E-state index in [2.05, 4.69) is 27.3 Å². The Kier molecular flexibility index (Phi) is 6.73. The van der Waals surface area contributed by atoms with E-state index in [1.807, 2.05) is 54.6 Å². The summed E-state index contributed by atoms with van der Waals surface area (Å²) >= 11 is 0. The first kappa shape index (κ1) is 24.7. The third kappa shape index (κ3) is 5.08. The Hall–Kier alpha value is -4.63. The smallest absolute Gasteiger partial charge is 0.407 e. The summed E-state index contributed by atoms with van der Waals surface area (Å²) in [6.45, 7) is 3.02. The van der Waals surface area contributed by atoms with Crippen molar-refractivity contribution in [3.63, 3.8) is 0 Å². The summed E-state index contributed by atoms with van der Waals surface area (Å²) in [7, 11) is 0. The van der Waals surface area contributed by atoms with Gasteiger partial charge in [-0.3, -0.25) is 4.90 Å². The standard InChI is InChI=1S/C30H28N4O5/c35-28-22-10-11-26(38-17-12-20-6-2-1-3-7-20)23(19-33-13-15-34(16-14-33)30(36)37)29(22)39-27(28)18-25-21-8-4-5-9-24(21)31-32-25/h1-11,18,35H,12-17,19H2,(H,36,37). The van der Waals surface area contributed by atoms with Crippen LogP contribution in [-0.4, -0.2) is 58.9 Å². The van der Waals surface area contributed by atoms with Crippen molar-refractivity contribution in [2.45, 2.75) is 13.0 Å². The Bertz CT molecular complexity index is 1570. The average molecular weight is 525 g/mol. The van der Waals surface area contributed by atoms with Crippen molar-refractivity contribution in [2.24, 2.45) is 10.2 Å². The van der Waals surface area contributed by atoms with Gasteiger partial charge >= 0.3 is 6.09 Å². The molecule has 0 saturated carbocycles. The molecule has 198 valence electrons. The number of azo groups is 1. The molecule has 9 nitrogen and oxygen atoms in total. The number of hydrogen-bond donors (Lipinski definition) is 2. The van der Waals surface area contributed by atoms with Crippen LogP contribution < -0.4 is 4.74 Å². The van der Waals surface area contributed by atoms with Gasteiger partial charge in [0.05, 0.1) is 28.9 Å². The lowest BCUT2D eigenvalue weighted by atomic mass is 10.1. The van der Waals surface area contributed by atoms with Crippen LogP contribution in [0.3, 0.4) is 0 Å². The van der Waals surface area contributed by atoms with Crippen molar-refractivity contribution < 1.29 is 24.2 Å². The zero-order valence-electron chi connectivity index (χ0n) is 21.3. The average Bonchev–Trinajstić information content (AvgIpc) is 3.51. The maximum absolute atomic E-state index is 11.4. The van der Waals surface area contributed by atoms with Crippen LogP contribution in [-0.2, 0) is 13.0 Å². The number of carbonyl (C=O) groups is 1. The minimum absolute atomic E-state index is 0.0323. The van der Waals surface area contributed by atoms with Crippen LogP contribution in [0.1, 0.15) is 22.5 Å². The van der Waals surface area contributed by atoms with E-state index in [0.29, 0.717) is 67.5 Å². The van der Waals surface area contributed by atoms with Crippen LogP contribution in [0.4, 0.5) is 10.5 Å². The Morgan fingerprint density at radius 3 is 2.54 bits per heavy atom. The summed E-state index contributed by atoms with van der Waals surface area (Å²) in [4.78, 5) is 15.0. The fraction of sp³-hybridized carbons (Fsp3) is 0.233. The number of aromatic hydroxyl groups is 1. The molecular weight excluding hydrogens is 496 g/mol. The van der Waals surface area contributed by atoms with Gasteiger partial charge in [-0.15, -0.1) is 10.2 Å². The van der Waals surface area contributed by atoms with Gasteiger partial charge in [0.15, 0.2) is 11.5 Å². The van der Waals surface area contributed by atoms with Gasteiger partial charge in [-0.1, -0.05) is 48.5 Å². The second-order valence-corrected chi connectivity index (χ2v) is 9.61. The Labute approximate surface area is 225 Å². The molecule has 1 aromatic heterocycles. The number of piperazine rings is 1. The summed E-state index contributed by atoms with van der Waals surface area (Å²) in [5, 5.41) is 29.5. The normalized spacial score (nSPS) is 16.2. The minimum Gasteiger partial charge on any atom is -0.504 e. The van der Waals surface area contributed by atoms with E-state index in [1.54, 1.807) is 6.08 Å². The van der Waals surface area contributed by atoms with Crippen molar-refractivity contribution in [3.05, 3.63) is 89.2 Å². The Morgan fingerprint density at radius 1 is 0.974 bits per heavy atom. The Morgan fingerprint density at radius 2 is 1.74 bits per heavy atom. The zero-order chi connectivity index (χ0) is 26.8. The van der Waals surface area contributed by atoms with Gasteiger partial charge in [0.25, 0.3) is 0 Å². The van der Waals surface area contributed by atoms with Gasteiger partial charge in [0, 0.05) is 50.8 Å². The first-order valence-corrected chi connectivity index (χ1v) is 12.9. The van der Waals surface area contributed by atoms with E-state index in [9.17, 15) is 15.0 Å².